The number of nitrogens with zero attached hydrogens (tertiary/aromatic N) is 1. The standard InChI is InChI=1S/C20H28N2O3/c1-14-9-15(2)12-22(11-14)13-19(23)21-16-5-6-17-18(10-16)25-20(24-17)7-3-4-8-20/h5-6,10,14-15H,3-4,7-9,11-13H2,1-2H3,(H,21,23). The Labute approximate surface area is 149 Å². The van der Waals surface area contributed by atoms with Crippen molar-refractivity contribution in [1.82, 2.24) is 4.90 Å². The van der Waals surface area contributed by atoms with E-state index < -0.39 is 5.79 Å². The number of nitrogens with one attached hydrogen (secondary N) is 1. The van der Waals surface area contributed by atoms with Crippen molar-refractivity contribution >= 4 is 11.6 Å². The second-order valence-corrected chi connectivity index (χ2v) is 8.17. The van der Waals surface area contributed by atoms with Crippen LogP contribution in [0.15, 0.2) is 18.2 Å². The van der Waals surface area contributed by atoms with E-state index in [0.717, 1.165) is 56.0 Å². The minimum absolute atomic E-state index is 0.0377. The molecule has 2 heterocycles. The number of benzene rings is 1. The van der Waals surface area contributed by atoms with Crippen LogP contribution in [0.25, 0.3) is 0 Å². The Bertz CT molecular complexity index is 644. The molecule has 2 aliphatic heterocycles. The highest BCUT2D eigenvalue weighted by Gasteiger charge is 2.44. The fraction of sp³-hybridized carbons (Fsp3) is 0.650. The number of likely N-dealkylation sites (tertiary alicyclic amines) is 1. The van der Waals surface area contributed by atoms with Crippen LogP contribution in [0.3, 0.4) is 0 Å². The molecule has 1 aromatic rings. The number of anilines is 1. The first-order chi connectivity index (χ1) is 12.0. The molecule has 1 aliphatic carbocycles. The highest BCUT2D eigenvalue weighted by molar-refractivity contribution is 5.92. The lowest BCUT2D eigenvalue weighted by atomic mass is 9.92. The van der Waals surface area contributed by atoms with Gasteiger partial charge in [-0.25, -0.2) is 0 Å². The number of piperidine rings is 1. The van der Waals surface area contributed by atoms with Crippen LogP contribution in [0, 0.1) is 11.8 Å². The van der Waals surface area contributed by atoms with Crippen molar-refractivity contribution in [1.29, 1.82) is 0 Å². The van der Waals surface area contributed by atoms with Gasteiger partial charge in [-0.15, -0.1) is 0 Å². The lowest BCUT2D eigenvalue weighted by molar-refractivity contribution is -0.117. The Kier molecular flexibility index (Phi) is 4.36. The van der Waals surface area contributed by atoms with Crippen molar-refractivity contribution in [3.05, 3.63) is 18.2 Å². The Morgan fingerprint density at radius 3 is 2.56 bits per heavy atom. The molecule has 5 heteroatoms. The molecule has 1 N–H and O–H groups in total. The number of hydrogen-bond acceptors (Lipinski definition) is 4. The first-order valence-electron chi connectivity index (χ1n) is 9.56. The molecule has 1 spiro atoms. The average molecular weight is 344 g/mol. The molecular weight excluding hydrogens is 316 g/mol. The number of amides is 1. The van der Waals surface area contributed by atoms with Crippen LogP contribution in [0.1, 0.15) is 46.0 Å². The molecule has 0 radical (unpaired) electrons. The zero-order valence-electron chi connectivity index (χ0n) is 15.2. The molecule has 136 valence electrons. The molecule has 5 nitrogen and oxygen atoms in total. The average Bonchev–Trinajstić information content (AvgIpc) is 3.12. The molecule has 4 rings (SSSR count). The van der Waals surface area contributed by atoms with Crippen LogP contribution in [0.2, 0.25) is 0 Å². The fourth-order valence-corrected chi connectivity index (χ4v) is 4.61. The van der Waals surface area contributed by atoms with E-state index in [9.17, 15) is 4.79 Å². The molecule has 1 saturated heterocycles. The third-order valence-electron chi connectivity index (χ3n) is 5.50. The van der Waals surface area contributed by atoms with Crippen molar-refractivity contribution < 1.29 is 14.3 Å². The minimum atomic E-state index is -0.453. The lowest BCUT2D eigenvalue weighted by Crippen LogP contribution is -2.42. The second kappa shape index (κ2) is 6.52. The van der Waals surface area contributed by atoms with Gasteiger partial charge in [0.2, 0.25) is 5.91 Å². The molecule has 3 aliphatic rings. The first kappa shape index (κ1) is 16.7. The summed E-state index contributed by atoms with van der Waals surface area (Å²) in [6, 6.07) is 5.69. The Balaban J connectivity index is 1.36. The van der Waals surface area contributed by atoms with Crippen LogP contribution in [-0.4, -0.2) is 36.2 Å². The maximum atomic E-state index is 12.4. The van der Waals surface area contributed by atoms with Crippen molar-refractivity contribution in [3.63, 3.8) is 0 Å². The van der Waals surface area contributed by atoms with E-state index in [-0.39, 0.29) is 5.91 Å². The maximum Gasteiger partial charge on any atom is 0.251 e. The monoisotopic (exact) mass is 344 g/mol. The topological polar surface area (TPSA) is 50.8 Å². The molecule has 2 unspecified atom stereocenters. The van der Waals surface area contributed by atoms with E-state index >= 15 is 0 Å². The number of carbonyl (C=O) groups is 1. The molecule has 0 bridgehead atoms. The third-order valence-corrected chi connectivity index (χ3v) is 5.50. The van der Waals surface area contributed by atoms with Gasteiger partial charge >= 0.3 is 0 Å². The van der Waals surface area contributed by atoms with Gasteiger partial charge in [-0.2, -0.15) is 0 Å². The van der Waals surface area contributed by atoms with Gasteiger partial charge in [0, 0.05) is 37.7 Å². The summed E-state index contributed by atoms with van der Waals surface area (Å²) in [5.41, 5.74) is 0.778. The smallest absolute Gasteiger partial charge is 0.251 e. The van der Waals surface area contributed by atoms with Gasteiger partial charge in [0.15, 0.2) is 11.5 Å². The van der Waals surface area contributed by atoms with Gasteiger partial charge in [-0.3, -0.25) is 9.69 Å². The quantitative estimate of drug-likeness (QED) is 0.909. The SMILES string of the molecule is CC1CC(C)CN(CC(=O)Nc2ccc3c(c2)OC2(CCCC2)O3)C1. The highest BCUT2D eigenvalue weighted by atomic mass is 16.7. The normalized spacial score (nSPS) is 27.6. The Morgan fingerprint density at radius 1 is 1.16 bits per heavy atom. The van der Waals surface area contributed by atoms with Crippen LogP contribution < -0.4 is 14.8 Å². The lowest BCUT2D eigenvalue weighted by Gasteiger charge is -2.34. The predicted molar refractivity (Wildman–Crippen MR) is 96.9 cm³/mol. The Morgan fingerprint density at radius 2 is 1.84 bits per heavy atom. The van der Waals surface area contributed by atoms with Gasteiger partial charge in [-0.1, -0.05) is 13.8 Å². The molecule has 1 saturated carbocycles. The first-order valence-corrected chi connectivity index (χ1v) is 9.56. The number of hydrogen-bond donors (Lipinski definition) is 1. The molecule has 1 amide bonds. The molecule has 2 fully saturated rings. The van der Waals surface area contributed by atoms with E-state index in [4.69, 9.17) is 9.47 Å². The Hall–Kier alpha value is -1.75. The summed E-state index contributed by atoms with van der Waals surface area (Å²) in [7, 11) is 0. The summed E-state index contributed by atoms with van der Waals surface area (Å²) in [6.07, 6.45) is 5.42. The summed E-state index contributed by atoms with van der Waals surface area (Å²) < 4.78 is 12.1. The maximum absolute atomic E-state index is 12.4. The van der Waals surface area contributed by atoms with E-state index in [1.807, 2.05) is 18.2 Å². The van der Waals surface area contributed by atoms with Crippen LogP contribution in [-0.2, 0) is 4.79 Å². The molecule has 25 heavy (non-hydrogen) atoms. The van der Waals surface area contributed by atoms with Crippen molar-refractivity contribution in [2.75, 3.05) is 25.0 Å². The van der Waals surface area contributed by atoms with E-state index in [0.29, 0.717) is 18.4 Å². The van der Waals surface area contributed by atoms with Gasteiger partial charge < -0.3 is 14.8 Å². The number of fused-ring (bicyclic) bond motifs is 1. The predicted octanol–water partition coefficient (Wildman–Crippen LogP) is 3.64. The second-order valence-electron chi connectivity index (χ2n) is 8.17. The number of ether oxygens (including phenoxy) is 2. The summed E-state index contributed by atoms with van der Waals surface area (Å²) >= 11 is 0. The van der Waals surface area contributed by atoms with E-state index in [1.165, 1.54) is 6.42 Å². The molecule has 0 aromatic heterocycles. The van der Waals surface area contributed by atoms with Crippen LogP contribution in [0.5, 0.6) is 11.5 Å². The zero-order valence-corrected chi connectivity index (χ0v) is 15.2. The van der Waals surface area contributed by atoms with Gasteiger partial charge in [0.05, 0.1) is 6.54 Å². The van der Waals surface area contributed by atoms with Gasteiger partial charge in [-0.05, 0) is 43.2 Å². The van der Waals surface area contributed by atoms with Crippen molar-refractivity contribution in [2.45, 2.75) is 51.7 Å². The molecule has 2 atom stereocenters. The fourth-order valence-electron chi connectivity index (χ4n) is 4.61. The number of rotatable bonds is 3. The third kappa shape index (κ3) is 3.61. The van der Waals surface area contributed by atoms with Gasteiger partial charge in [0.25, 0.3) is 5.79 Å². The minimum Gasteiger partial charge on any atom is -0.448 e. The van der Waals surface area contributed by atoms with Crippen molar-refractivity contribution in [3.8, 4) is 11.5 Å². The van der Waals surface area contributed by atoms with E-state index in [2.05, 4.69) is 24.1 Å². The molecule has 1 aromatic carbocycles. The van der Waals surface area contributed by atoms with Gasteiger partial charge in [0.1, 0.15) is 0 Å². The summed E-state index contributed by atoms with van der Waals surface area (Å²) in [6.45, 7) is 6.98. The van der Waals surface area contributed by atoms with Crippen LogP contribution >= 0.6 is 0 Å². The largest absolute Gasteiger partial charge is 0.448 e. The van der Waals surface area contributed by atoms with Crippen LogP contribution in [0.4, 0.5) is 5.69 Å². The highest BCUT2D eigenvalue weighted by Crippen LogP contribution is 2.47. The summed E-state index contributed by atoms with van der Waals surface area (Å²) in [5.74, 6) is 2.44. The molecular formula is C20H28N2O3. The zero-order chi connectivity index (χ0) is 17.4. The van der Waals surface area contributed by atoms with E-state index in [1.54, 1.807) is 0 Å². The summed E-state index contributed by atoms with van der Waals surface area (Å²) in [4.78, 5) is 14.7. The van der Waals surface area contributed by atoms with Crippen molar-refractivity contribution in [2.24, 2.45) is 11.8 Å². The number of carbonyl (C=O) groups excluding carboxylic acids is 1. The summed E-state index contributed by atoms with van der Waals surface area (Å²) in [5, 5.41) is 3.01.